The number of nitrogens with zero attached hydrogens (tertiary/aromatic N) is 2. The first-order valence-corrected chi connectivity index (χ1v) is 8.35. The van der Waals surface area contributed by atoms with Gasteiger partial charge in [-0.25, -0.2) is 0 Å². The molecule has 3 rings (SSSR count). The first-order valence-electron chi connectivity index (χ1n) is 7.58. The highest BCUT2D eigenvalue weighted by molar-refractivity contribution is 7.14. The number of aromatic nitrogens is 1. The quantitative estimate of drug-likeness (QED) is 0.856. The fourth-order valence-electron chi connectivity index (χ4n) is 2.90. The van der Waals surface area contributed by atoms with E-state index in [0.717, 1.165) is 30.6 Å². The van der Waals surface area contributed by atoms with E-state index in [9.17, 15) is 9.59 Å². The molecule has 5 heteroatoms. The van der Waals surface area contributed by atoms with Gasteiger partial charge in [-0.05, 0) is 31.9 Å². The second kappa shape index (κ2) is 6.02. The predicted octanol–water partition coefficient (Wildman–Crippen LogP) is 3.03. The fourth-order valence-corrected chi connectivity index (χ4v) is 3.93. The fraction of sp³-hybridized carbons (Fsp3) is 0.500. The molecule has 1 fully saturated rings. The van der Waals surface area contributed by atoms with Crippen LogP contribution in [-0.2, 0) is 4.79 Å². The summed E-state index contributed by atoms with van der Waals surface area (Å²) in [7, 11) is 0. The molecule has 1 aromatic heterocycles. The minimum absolute atomic E-state index is 0.0497. The van der Waals surface area contributed by atoms with Crippen LogP contribution in [0.5, 0.6) is 0 Å². The van der Waals surface area contributed by atoms with Gasteiger partial charge in [0.05, 0.1) is 10.1 Å². The Morgan fingerprint density at radius 2 is 1.81 bits per heavy atom. The van der Waals surface area contributed by atoms with Gasteiger partial charge in [0.1, 0.15) is 6.04 Å². The number of benzene rings is 1. The molecule has 1 atom stereocenters. The Morgan fingerprint density at radius 3 is 2.48 bits per heavy atom. The van der Waals surface area contributed by atoms with Gasteiger partial charge in [-0.3, -0.25) is 13.5 Å². The van der Waals surface area contributed by atoms with Gasteiger partial charge < -0.3 is 4.90 Å². The molecule has 0 saturated carbocycles. The molecule has 4 nitrogen and oxygen atoms in total. The highest BCUT2D eigenvalue weighted by atomic mass is 32.1. The Labute approximate surface area is 128 Å². The monoisotopic (exact) mass is 304 g/mol. The lowest BCUT2D eigenvalue weighted by Gasteiger charge is -2.24. The second-order valence-corrected chi connectivity index (χ2v) is 6.65. The molecular formula is C16H20N2O2S. The van der Waals surface area contributed by atoms with Crippen LogP contribution in [0.1, 0.15) is 38.6 Å². The molecule has 0 radical (unpaired) electrons. The van der Waals surface area contributed by atoms with Gasteiger partial charge in [-0.1, -0.05) is 36.5 Å². The summed E-state index contributed by atoms with van der Waals surface area (Å²) in [4.78, 5) is 27.0. The van der Waals surface area contributed by atoms with Crippen molar-refractivity contribution in [2.24, 2.45) is 0 Å². The van der Waals surface area contributed by atoms with Gasteiger partial charge in [-0.15, -0.1) is 0 Å². The largest absolute Gasteiger partial charge is 0.341 e. The predicted molar refractivity (Wildman–Crippen MR) is 85.8 cm³/mol. The molecule has 2 heterocycles. The third-order valence-corrected chi connectivity index (χ3v) is 5.37. The lowest BCUT2D eigenvalue weighted by atomic mass is 10.2. The number of hydrogen-bond donors (Lipinski definition) is 0. The maximum Gasteiger partial charge on any atom is 0.269 e. The van der Waals surface area contributed by atoms with Crippen molar-refractivity contribution in [2.45, 2.75) is 38.6 Å². The topological polar surface area (TPSA) is 42.3 Å². The van der Waals surface area contributed by atoms with Crippen LogP contribution >= 0.6 is 11.5 Å². The number of fused-ring (bicyclic) bond motifs is 1. The molecule has 0 unspecified atom stereocenters. The van der Waals surface area contributed by atoms with Crippen LogP contribution in [-0.4, -0.2) is 27.9 Å². The van der Waals surface area contributed by atoms with Gasteiger partial charge in [0.2, 0.25) is 5.91 Å². The zero-order chi connectivity index (χ0) is 14.8. The summed E-state index contributed by atoms with van der Waals surface area (Å²) in [6, 6.07) is 7.13. The van der Waals surface area contributed by atoms with Crippen LogP contribution in [0, 0.1) is 0 Å². The summed E-state index contributed by atoms with van der Waals surface area (Å²) in [6.07, 6.45) is 4.53. The zero-order valence-corrected chi connectivity index (χ0v) is 13.1. The van der Waals surface area contributed by atoms with Gasteiger partial charge in [-0.2, -0.15) is 0 Å². The van der Waals surface area contributed by atoms with Crippen LogP contribution < -0.4 is 5.56 Å². The average molecular weight is 304 g/mol. The first-order chi connectivity index (χ1) is 10.2. The van der Waals surface area contributed by atoms with E-state index in [1.165, 1.54) is 24.4 Å². The van der Waals surface area contributed by atoms with E-state index in [1.54, 1.807) is 3.96 Å². The summed E-state index contributed by atoms with van der Waals surface area (Å²) in [5.74, 6) is 0.0746. The number of carbonyl (C=O) groups excluding carboxylic acids is 1. The molecule has 2 aromatic rings. The summed E-state index contributed by atoms with van der Waals surface area (Å²) >= 11 is 1.39. The first kappa shape index (κ1) is 14.3. The number of rotatable bonds is 2. The number of amides is 1. The minimum Gasteiger partial charge on any atom is -0.341 e. The van der Waals surface area contributed by atoms with E-state index < -0.39 is 6.04 Å². The average Bonchev–Trinajstić information content (AvgIpc) is 2.70. The molecule has 0 aliphatic carbocycles. The van der Waals surface area contributed by atoms with Gasteiger partial charge >= 0.3 is 0 Å². The van der Waals surface area contributed by atoms with Crippen molar-refractivity contribution in [1.29, 1.82) is 0 Å². The molecule has 21 heavy (non-hydrogen) atoms. The van der Waals surface area contributed by atoms with E-state index >= 15 is 0 Å². The number of hydrogen-bond acceptors (Lipinski definition) is 3. The maximum atomic E-state index is 12.7. The Kier molecular flexibility index (Phi) is 4.10. The summed E-state index contributed by atoms with van der Waals surface area (Å²) < 4.78 is 2.57. The van der Waals surface area contributed by atoms with E-state index in [4.69, 9.17) is 0 Å². The molecule has 112 valence electrons. The Hall–Kier alpha value is -1.62. The minimum atomic E-state index is -0.409. The molecule has 1 amide bonds. The zero-order valence-electron chi connectivity index (χ0n) is 12.2. The molecule has 1 aliphatic heterocycles. The van der Waals surface area contributed by atoms with Gasteiger partial charge in [0.25, 0.3) is 5.56 Å². The Bertz CT molecular complexity index is 696. The van der Waals surface area contributed by atoms with E-state index in [-0.39, 0.29) is 11.5 Å². The third kappa shape index (κ3) is 2.75. The van der Waals surface area contributed by atoms with Gasteiger partial charge in [0, 0.05) is 13.1 Å². The van der Waals surface area contributed by atoms with E-state index in [0.29, 0.717) is 5.39 Å². The van der Waals surface area contributed by atoms with Crippen LogP contribution in [0.2, 0.25) is 0 Å². The molecule has 1 aliphatic rings. The van der Waals surface area contributed by atoms with E-state index in [2.05, 4.69) is 0 Å². The third-order valence-electron chi connectivity index (χ3n) is 4.14. The standard InChI is InChI=1S/C16H20N2O2S/c1-12(15(19)17-10-6-2-3-7-11-17)18-16(20)13-8-4-5-9-14(13)21-18/h4-5,8-9,12H,2-3,6-7,10-11H2,1H3/t12-/m0/s1. The Morgan fingerprint density at radius 1 is 1.14 bits per heavy atom. The van der Waals surface area contributed by atoms with Crippen molar-refractivity contribution in [3.63, 3.8) is 0 Å². The van der Waals surface area contributed by atoms with Gasteiger partial charge in [0.15, 0.2) is 0 Å². The highest BCUT2D eigenvalue weighted by Gasteiger charge is 2.25. The second-order valence-electron chi connectivity index (χ2n) is 5.63. The van der Waals surface area contributed by atoms with Crippen LogP contribution in [0.15, 0.2) is 29.1 Å². The van der Waals surface area contributed by atoms with Crippen molar-refractivity contribution in [1.82, 2.24) is 8.86 Å². The molecule has 0 N–H and O–H groups in total. The van der Waals surface area contributed by atoms with Crippen LogP contribution in [0.4, 0.5) is 0 Å². The molecule has 1 saturated heterocycles. The summed E-state index contributed by atoms with van der Waals surface area (Å²) in [6.45, 7) is 3.48. The van der Waals surface area contributed by atoms with Crippen molar-refractivity contribution in [3.05, 3.63) is 34.6 Å². The van der Waals surface area contributed by atoms with Crippen molar-refractivity contribution in [3.8, 4) is 0 Å². The van der Waals surface area contributed by atoms with Crippen LogP contribution in [0.25, 0.3) is 10.1 Å². The molecule has 0 bridgehead atoms. The molecular weight excluding hydrogens is 284 g/mol. The summed E-state index contributed by atoms with van der Waals surface area (Å²) in [5.41, 5.74) is -0.0497. The number of carbonyl (C=O) groups is 1. The SMILES string of the molecule is C[C@@H](C(=O)N1CCCCCC1)n1sc2ccccc2c1=O. The highest BCUT2D eigenvalue weighted by Crippen LogP contribution is 2.21. The van der Waals surface area contributed by atoms with Crippen molar-refractivity contribution in [2.75, 3.05) is 13.1 Å². The van der Waals surface area contributed by atoms with Crippen molar-refractivity contribution >= 4 is 27.5 Å². The Balaban J connectivity index is 1.89. The molecule has 1 aromatic carbocycles. The number of likely N-dealkylation sites (tertiary alicyclic amines) is 1. The lowest BCUT2D eigenvalue weighted by molar-refractivity contribution is -0.134. The smallest absolute Gasteiger partial charge is 0.269 e. The lowest BCUT2D eigenvalue weighted by Crippen LogP contribution is -2.38. The van der Waals surface area contributed by atoms with E-state index in [1.807, 2.05) is 36.1 Å². The normalized spacial score (nSPS) is 17.7. The molecule has 0 spiro atoms. The maximum absolute atomic E-state index is 12.7. The van der Waals surface area contributed by atoms with Crippen molar-refractivity contribution < 1.29 is 4.79 Å². The summed E-state index contributed by atoms with van der Waals surface area (Å²) in [5, 5.41) is 0.706. The van der Waals surface area contributed by atoms with Crippen LogP contribution in [0.3, 0.4) is 0 Å².